The highest BCUT2D eigenvalue weighted by Crippen LogP contribution is 2.14. The Morgan fingerprint density at radius 1 is 1.32 bits per heavy atom. The average Bonchev–Trinajstić information content (AvgIpc) is 2.34. The summed E-state index contributed by atoms with van der Waals surface area (Å²) in [6.45, 7) is 0.561. The van der Waals surface area contributed by atoms with Crippen LogP contribution in [0.15, 0.2) is 34.3 Å². The summed E-state index contributed by atoms with van der Waals surface area (Å²) in [5.74, 6) is 0.602. The highest BCUT2D eigenvalue weighted by Gasteiger charge is 2.12. The number of nitrogens with zero attached hydrogens (tertiary/aromatic N) is 2. The predicted molar refractivity (Wildman–Crippen MR) is 77.6 cm³/mol. The van der Waals surface area contributed by atoms with E-state index in [-0.39, 0.29) is 17.3 Å². The van der Waals surface area contributed by atoms with Crippen LogP contribution < -0.4 is 9.57 Å². The van der Waals surface area contributed by atoms with Crippen molar-refractivity contribution in [2.75, 3.05) is 27.7 Å². The van der Waals surface area contributed by atoms with Crippen molar-refractivity contribution >= 4 is 28.6 Å². The van der Waals surface area contributed by atoms with Gasteiger partial charge in [0, 0.05) is 12.8 Å². The van der Waals surface area contributed by atoms with Crippen LogP contribution >= 0.6 is 12.4 Å². The second kappa shape index (κ2) is 7.98. The number of sulfonamides is 1. The van der Waals surface area contributed by atoms with Gasteiger partial charge in [-0.15, -0.1) is 12.4 Å². The molecule has 6 nitrogen and oxygen atoms in total. The lowest BCUT2D eigenvalue weighted by molar-refractivity contribution is 0.414. The molecule has 0 saturated heterocycles. The summed E-state index contributed by atoms with van der Waals surface area (Å²) in [5, 5.41) is 3.67. The van der Waals surface area contributed by atoms with Crippen LogP contribution in [0, 0.1) is 0 Å². The SMILES string of the molecule is COc1ccc(S(=O)(=O)N/N=C/CN(C)C)cc1.Cl. The number of methoxy groups -OCH3 is 1. The Kier molecular flexibility index (Phi) is 7.43. The molecule has 0 bridgehead atoms. The first-order valence-corrected chi connectivity index (χ1v) is 6.76. The molecule has 0 fully saturated rings. The minimum Gasteiger partial charge on any atom is -0.497 e. The molecule has 0 aliphatic heterocycles. The van der Waals surface area contributed by atoms with Crippen LogP contribution in [0.4, 0.5) is 0 Å². The Morgan fingerprint density at radius 3 is 2.37 bits per heavy atom. The molecule has 19 heavy (non-hydrogen) atoms. The zero-order valence-electron chi connectivity index (χ0n) is 11.0. The van der Waals surface area contributed by atoms with Crippen molar-refractivity contribution < 1.29 is 13.2 Å². The zero-order valence-corrected chi connectivity index (χ0v) is 12.7. The quantitative estimate of drug-likeness (QED) is 0.627. The van der Waals surface area contributed by atoms with Gasteiger partial charge in [0.15, 0.2) is 0 Å². The lowest BCUT2D eigenvalue weighted by Crippen LogP contribution is -2.20. The van der Waals surface area contributed by atoms with Gasteiger partial charge in [-0.25, -0.2) is 4.83 Å². The minimum absolute atomic E-state index is 0. The molecule has 1 aromatic carbocycles. The fourth-order valence-electron chi connectivity index (χ4n) is 1.12. The van der Waals surface area contributed by atoms with Crippen LogP contribution in [0.1, 0.15) is 0 Å². The first kappa shape index (κ1) is 17.7. The van der Waals surface area contributed by atoms with Gasteiger partial charge in [-0.1, -0.05) is 0 Å². The second-order valence-corrected chi connectivity index (χ2v) is 5.51. The summed E-state index contributed by atoms with van der Waals surface area (Å²) < 4.78 is 28.6. The highest BCUT2D eigenvalue weighted by molar-refractivity contribution is 7.89. The Balaban J connectivity index is 0.00000324. The lowest BCUT2D eigenvalue weighted by atomic mass is 10.3. The van der Waals surface area contributed by atoms with Gasteiger partial charge in [0.05, 0.1) is 12.0 Å². The molecule has 8 heteroatoms. The number of hydrazone groups is 1. The van der Waals surface area contributed by atoms with Crippen LogP contribution in [-0.2, 0) is 10.0 Å². The summed E-state index contributed by atoms with van der Waals surface area (Å²) in [4.78, 5) is 4.15. The van der Waals surface area contributed by atoms with Crippen molar-refractivity contribution in [1.29, 1.82) is 0 Å². The van der Waals surface area contributed by atoms with E-state index in [9.17, 15) is 8.42 Å². The third-order valence-corrected chi connectivity index (χ3v) is 3.32. The minimum atomic E-state index is -3.61. The third-order valence-electron chi connectivity index (χ3n) is 2.08. The van der Waals surface area contributed by atoms with Gasteiger partial charge in [-0.3, -0.25) is 0 Å². The van der Waals surface area contributed by atoms with Crippen molar-refractivity contribution in [3.63, 3.8) is 0 Å². The van der Waals surface area contributed by atoms with E-state index >= 15 is 0 Å². The molecule has 1 N–H and O–H groups in total. The molecule has 0 aromatic heterocycles. The topological polar surface area (TPSA) is 71.0 Å². The number of nitrogens with one attached hydrogen (secondary N) is 1. The largest absolute Gasteiger partial charge is 0.497 e. The van der Waals surface area contributed by atoms with Crippen LogP contribution in [0.5, 0.6) is 5.75 Å². The Bertz CT molecular complexity index is 500. The van der Waals surface area contributed by atoms with Crippen molar-refractivity contribution in [2.24, 2.45) is 5.10 Å². The number of benzene rings is 1. The Hall–Kier alpha value is -1.31. The van der Waals surface area contributed by atoms with Gasteiger partial charge in [0.1, 0.15) is 5.75 Å². The first-order chi connectivity index (χ1) is 8.45. The number of rotatable bonds is 6. The van der Waals surface area contributed by atoms with Gasteiger partial charge in [0.2, 0.25) is 0 Å². The molecule has 108 valence electrons. The van der Waals surface area contributed by atoms with E-state index in [2.05, 4.69) is 9.93 Å². The molecule has 0 radical (unpaired) electrons. The molecule has 0 heterocycles. The normalized spacial score (nSPS) is 11.4. The number of hydrogen-bond donors (Lipinski definition) is 1. The zero-order chi connectivity index (χ0) is 13.6. The van der Waals surface area contributed by atoms with E-state index in [1.54, 1.807) is 12.1 Å². The van der Waals surface area contributed by atoms with E-state index in [0.717, 1.165) is 0 Å². The molecule has 0 aliphatic carbocycles. The summed E-state index contributed by atoms with van der Waals surface area (Å²) in [6.07, 6.45) is 1.49. The van der Waals surface area contributed by atoms with Crippen molar-refractivity contribution in [1.82, 2.24) is 9.73 Å². The van der Waals surface area contributed by atoms with E-state index < -0.39 is 10.0 Å². The van der Waals surface area contributed by atoms with Crippen LogP contribution in [-0.4, -0.2) is 47.3 Å². The molecule has 0 atom stereocenters. The van der Waals surface area contributed by atoms with E-state index in [0.29, 0.717) is 12.3 Å². The summed E-state index contributed by atoms with van der Waals surface area (Å²) in [7, 11) is 1.65. The maximum atomic E-state index is 11.8. The predicted octanol–water partition coefficient (Wildman–Crippen LogP) is 0.943. The van der Waals surface area contributed by atoms with Gasteiger partial charge >= 0.3 is 0 Å². The third kappa shape index (κ3) is 5.91. The molecule has 0 amide bonds. The van der Waals surface area contributed by atoms with Crippen molar-refractivity contribution in [3.05, 3.63) is 24.3 Å². The van der Waals surface area contributed by atoms with Gasteiger partial charge in [-0.2, -0.15) is 13.5 Å². The monoisotopic (exact) mass is 307 g/mol. The standard InChI is InChI=1S/C11H17N3O3S.ClH/c1-14(2)9-8-12-13-18(15,16)11-6-4-10(17-3)5-7-11;/h4-8,13H,9H2,1-3H3;1H/b12-8+;. The molecular weight excluding hydrogens is 290 g/mol. The van der Waals surface area contributed by atoms with Crippen LogP contribution in [0.25, 0.3) is 0 Å². The van der Waals surface area contributed by atoms with Crippen LogP contribution in [0.2, 0.25) is 0 Å². The molecule has 0 aliphatic rings. The number of ether oxygens (including phenoxy) is 1. The molecular formula is C11H18ClN3O3S. The van der Waals surface area contributed by atoms with Crippen LogP contribution in [0.3, 0.4) is 0 Å². The lowest BCUT2D eigenvalue weighted by Gasteiger charge is -2.06. The fraction of sp³-hybridized carbons (Fsp3) is 0.364. The van der Waals surface area contributed by atoms with E-state index in [1.165, 1.54) is 25.5 Å². The smallest absolute Gasteiger partial charge is 0.276 e. The summed E-state index contributed by atoms with van der Waals surface area (Å²) >= 11 is 0. The Morgan fingerprint density at radius 2 is 1.89 bits per heavy atom. The van der Waals surface area contributed by atoms with Gasteiger partial charge in [0.25, 0.3) is 10.0 Å². The van der Waals surface area contributed by atoms with Crippen molar-refractivity contribution in [3.8, 4) is 5.75 Å². The second-order valence-electron chi connectivity index (χ2n) is 3.84. The maximum absolute atomic E-state index is 11.8. The Labute approximate surface area is 119 Å². The molecule has 1 aromatic rings. The summed E-state index contributed by atoms with van der Waals surface area (Å²) in [5.41, 5.74) is 0. The molecule has 1 rings (SSSR count). The van der Waals surface area contributed by atoms with E-state index in [4.69, 9.17) is 4.74 Å². The van der Waals surface area contributed by atoms with Crippen molar-refractivity contribution in [2.45, 2.75) is 4.90 Å². The fourth-order valence-corrected chi connectivity index (χ4v) is 1.93. The van der Waals surface area contributed by atoms with Gasteiger partial charge in [-0.05, 0) is 38.4 Å². The molecule has 0 saturated carbocycles. The average molecular weight is 308 g/mol. The maximum Gasteiger partial charge on any atom is 0.276 e. The first-order valence-electron chi connectivity index (χ1n) is 5.28. The van der Waals surface area contributed by atoms with E-state index in [1.807, 2.05) is 19.0 Å². The van der Waals surface area contributed by atoms with Gasteiger partial charge < -0.3 is 9.64 Å². The highest BCUT2D eigenvalue weighted by atomic mass is 35.5. The number of halogens is 1. The summed E-state index contributed by atoms with van der Waals surface area (Å²) in [6, 6.07) is 6.08. The molecule has 0 spiro atoms. The molecule has 0 unspecified atom stereocenters. The number of hydrogen-bond acceptors (Lipinski definition) is 5.